The van der Waals surface area contributed by atoms with Crippen LogP contribution in [0.4, 0.5) is 0 Å². The molecule has 66 valence electrons. The van der Waals surface area contributed by atoms with E-state index >= 15 is 0 Å². The molecule has 0 aliphatic carbocycles. The van der Waals surface area contributed by atoms with Crippen molar-refractivity contribution in [3.05, 3.63) is 18.6 Å². The van der Waals surface area contributed by atoms with Crippen LogP contribution < -0.4 is 10.5 Å². The van der Waals surface area contributed by atoms with Crippen LogP contribution in [0.15, 0.2) is 18.6 Å². The molecule has 0 spiro atoms. The monoisotopic (exact) mass is 169 g/mol. The number of hydrogen-bond donors (Lipinski definition) is 1. The molecule has 0 radical (unpaired) electrons. The standard InChI is InChI=1S/C7H11N3O2/c1-11-7(4-8)12-6-2-3-9-5-10-6/h2-3,5,7H,4,8H2,1H3. The Morgan fingerprint density at radius 2 is 2.50 bits per heavy atom. The molecule has 1 unspecified atom stereocenters. The van der Waals surface area contributed by atoms with Gasteiger partial charge in [-0.15, -0.1) is 0 Å². The topological polar surface area (TPSA) is 70.3 Å². The van der Waals surface area contributed by atoms with Crippen molar-refractivity contribution in [1.82, 2.24) is 9.97 Å². The maximum atomic E-state index is 5.34. The van der Waals surface area contributed by atoms with E-state index in [1.165, 1.54) is 13.4 Å². The van der Waals surface area contributed by atoms with Crippen LogP contribution in [-0.4, -0.2) is 29.9 Å². The number of methoxy groups -OCH3 is 1. The van der Waals surface area contributed by atoms with Gasteiger partial charge in [0.2, 0.25) is 12.2 Å². The van der Waals surface area contributed by atoms with Crippen LogP contribution in [0.1, 0.15) is 0 Å². The van der Waals surface area contributed by atoms with E-state index in [-0.39, 0.29) is 0 Å². The fourth-order valence-corrected chi connectivity index (χ4v) is 0.675. The minimum atomic E-state index is -0.445. The van der Waals surface area contributed by atoms with Crippen LogP contribution in [0, 0.1) is 0 Å². The van der Waals surface area contributed by atoms with Crippen molar-refractivity contribution in [2.24, 2.45) is 5.73 Å². The maximum Gasteiger partial charge on any atom is 0.218 e. The van der Waals surface area contributed by atoms with Gasteiger partial charge in [-0.25, -0.2) is 9.97 Å². The summed E-state index contributed by atoms with van der Waals surface area (Å²) in [4.78, 5) is 7.59. The molecule has 0 saturated carbocycles. The van der Waals surface area contributed by atoms with Gasteiger partial charge in [0.15, 0.2) is 0 Å². The van der Waals surface area contributed by atoms with Crippen LogP contribution in [0.3, 0.4) is 0 Å². The maximum absolute atomic E-state index is 5.34. The first-order valence-corrected chi connectivity index (χ1v) is 3.52. The molecular weight excluding hydrogens is 158 g/mol. The van der Waals surface area contributed by atoms with Gasteiger partial charge in [-0.1, -0.05) is 0 Å². The molecule has 0 saturated heterocycles. The second-order valence-corrected chi connectivity index (χ2v) is 2.07. The number of aromatic nitrogens is 2. The quantitative estimate of drug-likeness (QED) is 0.631. The molecule has 0 bridgehead atoms. The Balaban J connectivity index is 2.51. The fraction of sp³-hybridized carbons (Fsp3) is 0.429. The molecule has 1 rings (SSSR count). The van der Waals surface area contributed by atoms with Crippen molar-refractivity contribution in [3.8, 4) is 5.88 Å². The van der Waals surface area contributed by atoms with E-state index in [1.54, 1.807) is 12.3 Å². The third-order valence-corrected chi connectivity index (χ3v) is 1.26. The smallest absolute Gasteiger partial charge is 0.218 e. The molecule has 0 fully saturated rings. The first kappa shape index (κ1) is 8.89. The molecule has 2 N–H and O–H groups in total. The van der Waals surface area contributed by atoms with Gasteiger partial charge in [0.05, 0.1) is 6.54 Å². The van der Waals surface area contributed by atoms with Crippen molar-refractivity contribution in [2.75, 3.05) is 13.7 Å². The number of ether oxygens (including phenoxy) is 2. The van der Waals surface area contributed by atoms with Crippen LogP contribution in [0.2, 0.25) is 0 Å². The average molecular weight is 169 g/mol. The fourth-order valence-electron chi connectivity index (χ4n) is 0.675. The third kappa shape index (κ3) is 2.44. The van der Waals surface area contributed by atoms with Gasteiger partial charge < -0.3 is 15.2 Å². The third-order valence-electron chi connectivity index (χ3n) is 1.26. The second kappa shape index (κ2) is 4.63. The van der Waals surface area contributed by atoms with Gasteiger partial charge in [0, 0.05) is 19.4 Å². The molecule has 1 aromatic rings. The van der Waals surface area contributed by atoms with Crippen molar-refractivity contribution in [1.29, 1.82) is 0 Å². The lowest BCUT2D eigenvalue weighted by Gasteiger charge is -2.13. The van der Waals surface area contributed by atoms with Crippen LogP contribution >= 0.6 is 0 Å². The molecule has 0 aliphatic rings. The molecule has 0 aliphatic heterocycles. The minimum absolute atomic E-state index is 0.292. The molecule has 0 amide bonds. The summed E-state index contributed by atoms with van der Waals surface area (Å²) < 4.78 is 10.1. The van der Waals surface area contributed by atoms with Crippen molar-refractivity contribution in [3.63, 3.8) is 0 Å². The lowest BCUT2D eigenvalue weighted by molar-refractivity contribution is -0.0480. The summed E-state index contributed by atoms with van der Waals surface area (Å²) in [6.07, 6.45) is 2.55. The molecule has 5 heteroatoms. The Hall–Kier alpha value is -1.20. The SMILES string of the molecule is COC(CN)Oc1ccncn1. The van der Waals surface area contributed by atoms with E-state index in [2.05, 4.69) is 9.97 Å². The van der Waals surface area contributed by atoms with E-state index in [4.69, 9.17) is 15.2 Å². The molecule has 0 aromatic carbocycles. The van der Waals surface area contributed by atoms with Crippen LogP contribution in [-0.2, 0) is 4.74 Å². The summed E-state index contributed by atoms with van der Waals surface area (Å²) in [6, 6.07) is 1.64. The first-order valence-electron chi connectivity index (χ1n) is 3.52. The summed E-state index contributed by atoms with van der Waals surface area (Å²) in [6.45, 7) is 0.292. The molecule has 5 nitrogen and oxygen atoms in total. The molecular formula is C7H11N3O2. The van der Waals surface area contributed by atoms with E-state index in [0.717, 1.165) is 0 Å². The van der Waals surface area contributed by atoms with Gasteiger partial charge in [-0.2, -0.15) is 0 Å². The van der Waals surface area contributed by atoms with Crippen molar-refractivity contribution < 1.29 is 9.47 Å². The highest BCUT2D eigenvalue weighted by Gasteiger charge is 2.05. The first-order chi connectivity index (χ1) is 5.86. The lowest BCUT2D eigenvalue weighted by Crippen LogP contribution is -2.28. The lowest BCUT2D eigenvalue weighted by atomic mass is 10.6. The van der Waals surface area contributed by atoms with E-state index in [9.17, 15) is 0 Å². The zero-order valence-electron chi connectivity index (χ0n) is 6.80. The molecule has 1 atom stereocenters. The Kier molecular flexibility index (Phi) is 3.43. The number of hydrogen-bond acceptors (Lipinski definition) is 5. The highest BCUT2D eigenvalue weighted by atomic mass is 16.7. The van der Waals surface area contributed by atoms with Gasteiger partial charge >= 0.3 is 0 Å². The summed E-state index contributed by atoms with van der Waals surface area (Å²) in [5, 5.41) is 0. The second-order valence-electron chi connectivity index (χ2n) is 2.07. The van der Waals surface area contributed by atoms with E-state index < -0.39 is 6.29 Å². The zero-order valence-corrected chi connectivity index (χ0v) is 6.80. The van der Waals surface area contributed by atoms with Crippen LogP contribution in [0.5, 0.6) is 5.88 Å². The molecule has 1 aromatic heterocycles. The summed E-state index contributed by atoms with van der Waals surface area (Å²) in [7, 11) is 1.53. The van der Waals surface area contributed by atoms with E-state index in [0.29, 0.717) is 12.4 Å². The van der Waals surface area contributed by atoms with Gasteiger partial charge in [0.1, 0.15) is 6.33 Å². The largest absolute Gasteiger partial charge is 0.446 e. The Morgan fingerprint density at radius 1 is 1.67 bits per heavy atom. The van der Waals surface area contributed by atoms with Gasteiger partial charge in [-0.05, 0) is 0 Å². The number of rotatable bonds is 4. The number of nitrogens with two attached hydrogens (primary N) is 1. The van der Waals surface area contributed by atoms with Gasteiger partial charge in [-0.3, -0.25) is 0 Å². The minimum Gasteiger partial charge on any atom is -0.446 e. The Labute approximate surface area is 70.5 Å². The van der Waals surface area contributed by atoms with Gasteiger partial charge in [0.25, 0.3) is 0 Å². The predicted octanol–water partition coefficient (Wildman–Crippen LogP) is -0.213. The summed E-state index contributed by atoms with van der Waals surface area (Å²) in [5.41, 5.74) is 5.34. The normalized spacial score (nSPS) is 12.5. The summed E-state index contributed by atoms with van der Waals surface area (Å²) >= 11 is 0. The highest BCUT2D eigenvalue weighted by Crippen LogP contribution is 2.04. The predicted molar refractivity (Wildman–Crippen MR) is 42.5 cm³/mol. The summed E-state index contributed by atoms with van der Waals surface area (Å²) in [5.74, 6) is 0.460. The number of nitrogens with zero attached hydrogens (tertiary/aromatic N) is 2. The zero-order chi connectivity index (χ0) is 8.81. The molecule has 1 heterocycles. The Bertz CT molecular complexity index is 213. The highest BCUT2D eigenvalue weighted by molar-refractivity contribution is 5.04. The van der Waals surface area contributed by atoms with Crippen molar-refractivity contribution in [2.45, 2.75) is 6.29 Å². The van der Waals surface area contributed by atoms with Crippen molar-refractivity contribution >= 4 is 0 Å². The Morgan fingerprint density at radius 3 is 3.00 bits per heavy atom. The van der Waals surface area contributed by atoms with Crippen LogP contribution in [0.25, 0.3) is 0 Å². The molecule has 12 heavy (non-hydrogen) atoms. The average Bonchev–Trinajstić information content (AvgIpc) is 2.16. The van der Waals surface area contributed by atoms with E-state index in [1.807, 2.05) is 0 Å².